The summed E-state index contributed by atoms with van der Waals surface area (Å²) in [5.74, 6) is 1.57. The third kappa shape index (κ3) is 4.54. The van der Waals surface area contributed by atoms with Gasteiger partial charge < -0.3 is 9.64 Å². The fraction of sp³-hybridized carbons (Fsp3) is 0.267. The number of fused-ring (bicyclic) bond motifs is 1. The number of benzene rings is 3. The van der Waals surface area contributed by atoms with E-state index in [1.807, 2.05) is 60.5 Å². The van der Waals surface area contributed by atoms with Gasteiger partial charge in [-0.3, -0.25) is 9.78 Å². The first kappa shape index (κ1) is 22.1. The zero-order chi connectivity index (χ0) is 23.5. The maximum atomic E-state index is 13.4. The molecule has 0 N–H and O–H groups in total. The molecule has 0 bridgehead atoms. The average molecular weight is 451 g/mol. The van der Waals surface area contributed by atoms with Gasteiger partial charge in [0, 0.05) is 30.2 Å². The van der Waals surface area contributed by atoms with Gasteiger partial charge in [-0.2, -0.15) is 0 Å². The molecular formula is C30H30N2O2. The van der Waals surface area contributed by atoms with E-state index in [0.717, 1.165) is 65.9 Å². The van der Waals surface area contributed by atoms with Gasteiger partial charge in [-0.25, -0.2) is 0 Å². The fourth-order valence-corrected chi connectivity index (χ4v) is 5.05. The Hall–Kier alpha value is -3.66. The van der Waals surface area contributed by atoms with Crippen LogP contribution in [0.1, 0.15) is 34.3 Å². The number of amides is 1. The van der Waals surface area contributed by atoms with E-state index in [9.17, 15) is 4.79 Å². The summed E-state index contributed by atoms with van der Waals surface area (Å²) >= 11 is 0. The molecular weight excluding hydrogens is 420 g/mol. The number of likely N-dealkylation sites (tertiary alicyclic amines) is 1. The Labute approximate surface area is 201 Å². The SMILES string of the molecule is COc1ccc(-c2cccc(C(=O)N3CCC(Cc4ccc5ncccc5c4)CC3)c2C)cc1. The van der Waals surface area contributed by atoms with Crippen molar-refractivity contribution in [2.45, 2.75) is 26.2 Å². The van der Waals surface area contributed by atoms with Crippen LogP contribution >= 0.6 is 0 Å². The second kappa shape index (κ2) is 9.68. The van der Waals surface area contributed by atoms with Crippen molar-refractivity contribution in [1.29, 1.82) is 0 Å². The molecule has 4 aromatic rings. The second-order valence-electron chi connectivity index (χ2n) is 9.18. The van der Waals surface area contributed by atoms with E-state index >= 15 is 0 Å². The molecule has 1 aliphatic heterocycles. The van der Waals surface area contributed by atoms with Crippen molar-refractivity contribution in [3.05, 3.63) is 95.7 Å². The third-order valence-corrected chi connectivity index (χ3v) is 7.06. The first-order chi connectivity index (χ1) is 16.6. The summed E-state index contributed by atoms with van der Waals surface area (Å²) in [6.07, 6.45) is 4.96. The highest BCUT2D eigenvalue weighted by Gasteiger charge is 2.25. The first-order valence-electron chi connectivity index (χ1n) is 12.0. The average Bonchev–Trinajstić information content (AvgIpc) is 2.89. The van der Waals surface area contributed by atoms with Gasteiger partial charge in [-0.05, 0) is 90.8 Å². The number of pyridine rings is 1. The minimum absolute atomic E-state index is 0.142. The van der Waals surface area contributed by atoms with Crippen molar-refractivity contribution >= 4 is 16.8 Å². The maximum Gasteiger partial charge on any atom is 0.254 e. The topological polar surface area (TPSA) is 42.4 Å². The number of carbonyl (C=O) groups is 1. The molecule has 4 nitrogen and oxygen atoms in total. The van der Waals surface area contributed by atoms with Crippen LogP contribution in [0.2, 0.25) is 0 Å². The van der Waals surface area contributed by atoms with Gasteiger partial charge in [0.25, 0.3) is 5.91 Å². The number of aromatic nitrogens is 1. The van der Waals surface area contributed by atoms with E-state index in [1.54, 1.807) is 7.11 Å². The molecule has 1 aliphatic rings. The van der Waals surface area contributed by atoms with Crippen LogP contribution in [-0.2, 0) is 6.42 Å². The summed E-state index contributed by atoms with van der Waals surface area (Å²) in [5, 5.41) is 1.19. The Bertz CT molecular complexity index is 1310. The van der Waals surface area contributed by atoms with Gasteiger partial charge in [-0.1, -0.05) is 36.4 Å². The van der Waals surface area contributed by atoms with Gasteiger partial charge in [-0.15, -0.1) is 0 Å². The van der Waals surface area contributed by atoms with Crippen molar-refractivity contribution in [1.82, 2.24) is 9.88 Å². The highest BCUT2D eigenvalue weighted by atomic mass is 16.5. The zero-order valence-electron chi connectivity index (χ0n) is 19.8. The summed E-state index contributed by atoms with van der Waals surface area (Å²) in [6, 6.07) is 24.7. The minimum atomic E-state index is 0.142. The highest BCUT2D eigenvalue weighted by molar-refractivity contribution is 5.97. The number of rotatable bonds is 5. The molecule has 0 radical (unpaired) electrons. The van der Waals surface area contributed by atoms with Crippen LogP contribution in [0.5, 0.6) is 5.75 Å². The van der Waals surface area contributed by atoms with E-state index in [4.69, 9.17) is 4.74 Å². The lowest BCUT2D eigenvalue weighted by Gasteiger charge is -2.32. The Morgan fingerprint density at radius 1 is 1.00 bits per heavy atom. The number of nitrogens with zero attached hydrogens (tertiary/aromatic N) is 2. The van der Waals surface area contributed by atoms with Gasteiger partial charge in [0.2, 0.25) is 0 Å². The molecule has 1 saturated heterocycles. The van der Waals surface area contributed by atoms with E-state index in [2.05, 4.69) is 35.3 Å². The molecule has 34 heavy (non-hydrogen) atoms. The molecule has 0 atom stereocenters. The Balaban J connectivity index is 1.25. The number of piperidine rings is 1. The largest absolute Gasteiger partial charge is 0.497 e. The van der Waals surface area contributed by atoms with Crippen LogP contribution in [-0.4, -0.2) is 36.0 Å². The molecule has 5 rings (SSSR count). The van der Waals surface area contributed by atoms with Crippen LogP contribution in [0, 0.1) is 12.8 Å². The van der Waals surface area contributed by atoms with Crippen LogP contribution in [0.4, 0.5) is 0 Å². The van der Waals surface area contributed by atoms with Gasteiger partial charge in [0.1, 0.15) is 5.75 Å². The first-order valence-corrected chi connectivity index (χ1v) is 12.0. The van der Waals surface area contributed by atoms with E-state index < -0.39 is 0 Å². The lowest BCUT2D eigenvalue weighted by Crippen LogP contribution is -2.39. The van der Waals surface area contributed by atoms with E-state index in [1.165, 1.54) is 10.9 Å². The van der Waals surface area contributed by atoms with Gasteiger partial charge >= 0.3 is 0 Å². The van der Waals surface area contributed by atoms with Crippen LogP contribution < -0.4 is 4.74 Å². The molecule has 1 aromatic heterocycles. The molecule has 2 heterocycles. The van der Waals surface area contributed by atoms with Crippen LogP contribution in [0.25, 0.3) is 22.0 Å². The smallest absolute Gasteiger partial charge is 0.254 e. The molecule has 3 aromatic carbocycles. The molecule has 0 aliphatic carbocycles. The molecule has 4 heteroatoms. The standard InChI is InChI=1S/C30H30N2O2/c1-21-27(24-9-11-26(34-2)12-10-24)6-3-7-28(21)30(33)32-17-14-22(15-18-32)19-23-8-13-29-25(20-23)5-4-16-31-29/h3-13,16,20,22H,14-15,17-19H2,1-2H3. The predicted octanol–water partition coefficient (Wildman–Crippen LogP) is 6.31. The van der Waals surface area contributed by atoms with Crippen molar-refractivity contribution in [2.75, 3.05) is 20.2 Å². The Morgan fingerprint density at radius 3 is 2.56 bits per heavy atom. The summed E-state index contributed by atoms with van der Waals surface area (Å²) < 4.78 is 5.28. The fourth-order valence-electron chi connectivity index (χ4n) is 5.05. The number of carbonyl (C=O) groups excluding carboxylic acids is 1. The summed E-state index contributed by atoms with van der Waals surface area (Å²) in [6.45, 7) is 3.67. The second-order valence-corrected chi connectivity index (χ2v) is 9.18. The minimum Gasteiger partial charge on any atom is -0.497 e. The summed E-state index contributed by atoms with van der Waals surface area (Å²) in [7, 11) is 1.67. The molecule has 0 unspecified atom stereocenters. The quantitative estimate of drug-likeness (QED) is 0.358. The molecule has 0 saturated carbocycles. The van der Waals surface area contributed by atoms with Crippen LogP contribution in [0.3, 0.4) is 0 Å². The van der Waals surface area contributed by atoms with E-state index in [-0.39, 0.29) is 5.91 Å². The van der Waals surface area contributed by atoms with Crippen molar-refractivity contribution in [3.8, 4) is 16.9 Å². The monoisotopic (exact) mass is 450 g/mol. The summed E-state index contributed by atoms with van der Waals surface area (Å²) in [5.41, 5.74) is 6.41. The van der Waals surface area contributed by atoms with Crippen LogP contribution in [0.15, 0.2) is 79.0 Å². The maximum absolute atomic E-state index is 13.4. The highest BCUT2D eigenvalue weighted by Crippen LogP contribution is 2.30. The normalized spacial score (nSPS) is 14.4. The molecule has 1 amide bonds. The number of methoxy groups -OCH3 is 1. The van der Waals surface area contributed by atoms with Crippen molar-refractivity contribution < 1.29 is 9.53 Å². The number of hydrogen-bond donors (Lipinski definition) is 0. The van der Waals surface area contributed by atoms with E-state index in [0.29, 0.717) is 5.92 Å². The lowest BCUT2D eigenvalue weighted by molar-refractivity contribution is 0.0690. The molecule has 172 valence electrons. The lowest BCUT2D eigenvalue weighted by atomic mass is 9.89. The van der Waals surface area contributed by atoms with Crippen molar-refractivity contribution in [3.63, 3.8) is 0 Å². The number of hydrogen-bond acceptors (Lipinski definition) is 3. The van der Waals surface area contributed by atoms with Gasteiger partial charge in [0.05, 0.1) is 12.6 Å². The Morgan fingerprint density at radius 2 is 1.79 bits per heavy atom. The predicted molar refractivity (Wildman–Crippen MR) is 137 cm³/mol. The third-order valence-electron chi connectivity index (χ3n) is 7.06. The zero-order valence-corrected chi connectivity index (χ0v) is 19.8. The number of ether oxygens (including phenoxy) is 1. The summed E-state index contributed by atoms with van der Waals surface area (Å²) in [4.78, 5) is 19.9. The van der Waals surface area contributed by atoms with Crippen molar-refractivity contribution in [2.24, 2.45) is 5.92 Å². The Kier molecular flexibility index (Phi) is 6.31. The molecule has 0 spiro atoms. The molecule has 1 fully saturated rings. The van der Waals surface area contributed by atoms with Gasteiger partial charge in [0.15, 0.2) is 0 Å².